The first-order chi connectivity index (χ1) is 9.59. The second-order valence-electron chi connectivity index (χ2n) is 5.36. The summed E-state index contributed by atoms with van der Waals surface area (Å²) in [5, 5.41) is 12.0. The van der Waals surface area contributed by atoms with Crippen molar-refractivity contribution < 1.29 is 14.7 Å². The Morgan fingerprint density at radius 1 is 1.35 bits per heavy atom. The molecule has 0 bridgehead atoms. The molecule has 1 saturated carbocycles. The van der Waals surface area contributed by atoms with Crippen molar-refractivity contribution in [2.45, 2.75) is 45.1 Å². The number of hydrogen-bond donors (Lipinski definition) is 2. The molecule has 1 aliphatic rings. The fourth-order valence-corrected chi connectivity index (χ4v) is 2.79. The predicted molar refractivity (Wildman–Crippen MR) is 74.7 cm³/mol. The van der Waals surface area contributed by atoms with E-state index in [2.05, 4.69) is 10.3 Å². The number of amides is 1. The number of pyridine rings is 1. The van der Waals surface area contributed by atoms with E-state index in [0.717, 1.165) is 12.8 Å². The maximum Gasteiger partial charge on any atom is 0.338 e. The first-order valence-electron chi connectivity index (χ1n) is 7.08. The molecule has 1 amide bonds. The number of carboxylic acid groups (broad SMARTS) is 1. The van der Waals surface area contributed by atoms with Crippen molar-refractivity contribution in [2.75, 3.05) is 0 Å². The van der Waals surface area contributed by atoms with Gasteiger partial charge in [-0.05, 0) is 37.8 Å². The Morgan fingerprint density at radius 3 is 2.70 bits per heavy atom. The van der Waals surface area contributed by atoms with Crippen LogP contribution in [0.3, 0.4) is 0 Å². The monoisotopic (exact) mass is 276 g/mol. The van der Waals surface area contributed by atoms with E-state index in [0.29, 0.717) is 5.92 Å². The SMILES string of the molecule is CC(NC(=O)c1ncccc1C(=O)O)C1CCCCC1. The second kappa shape index (κ2) is 6.50. The Balaban J connectivity index is 2.06. The molecule has 2 N–H and O–H groups in total. The summed E-state index contributed by atoms with van der Waals surface area (Å²) in [5.74, 6) is -1.06. The Hall–Kier alpha value is -1.91. The van der Waals surface area contributed by atoms with Crippen molar-refractivity contribution in [1.29, 1.82) is 0 Å². The van der Waals surface area contributed by atoms with Gasteiger partial charge in [-0.2, -0.15) is 0 Å². The maximum absolute atomic E-state index is 12.2. The van der Waals surface area contributed by atoms with Crippen LogP contribution in [0, 0.1) is 5.92 Å². The lowest BCUT2D eigenvalue weighted by Crippen LogP contribution is -2.39. The van der Waals surface area contributed by atoms with Gasteiger partial charge < -0.3 is 10.4 Å². The van der Waals surface area contributed by atoms with Gasteiger partial charge in [0.1, 0.15) is 5.69 Å². The number of rotatable bonds is 4. The van der Waals surface area contributed by atoms with Crippen LogP contribution in [0.15, 0.2) is 18.3 Å². The molecule has 1 heterocycles. The summed E-state index contributed by atoms with van der Waals surface area (Å²) in [4.78, 5) is 27.2. The predicted octanol–water partition coefficient (Wildman–Crippen LogP) is 2.48. The molecular formula is C15H20N2O3. The summed E-state index contributed by atoms with van der Waals surface area (Å²) in [7, 11) is 0. The molecule has 1 fully saturated rings. The van der Waals surface area contributed by atoms with Gasteiger partial charge in [-0.15, -0.1) is 0 Å². The molecule has 2 rings (SSSR count). The fourth-order valence-electron chi connectivity index (χ4n) is 2.79. The highest BCUT2D eigenvalue weighted by Crippen LogP contribution is 2.26. The van der Waals surface area contributed by atoms with Crippen molar-refractivity contribution in [3.63, 3.8) is 0 Å². The van der Waals surface area contributed by atoms with Gasteiger partial charge in [-0.1, -0.05) is 19.3 Å². The molecule has 1 unspecified atom stereocenters. The van der Waals surface area contributed by atoms with Crippen LogP contribution in [0.4, 0.5) is 0 Å². The van der Waals surface area contributed by atoms with Crippen LogP contribution in [-0.2, 0) is 0 Å². The molecule has 1 aliphatic carbocycles. The standard InChI is InChI=1S/C15H20N2O3/c1-10(11-6-3-2-4-7-11)17-14(18)13-12(15(19)20)8-5-9-16-13/h5,8-11H,2-4,6-7H2,1H3,(H,17,18)(H,19,20). The third kappa shape index (κ3) is 3.35. The Morgan fingerprint density at radius 2 is 2.05 bits per heavy atom. The number of carboxylic acids is 1. The highest BCUT2D eigenvalue weighted by atomic mass is 16.4. The van der Waals surface area contributed by atoms with Crippen molar-refractivity contribution in [2.24, 2.45) is 5.92 Å². The van der Waals surface area contributed by atoms with E-state index in [1.54, 1.807) is 0 Å². The zero-order valence-corrected chi connectivity index (χ0v) is 11.6. The largest absolute Gasteiger partial charge is 0.478 e. The third-order valence-corrected chi connectivity index (χ3v) is 3.97. The minimum atomic E-state index is -1.13. The summed E-state index contributed by atoms with van der Waals surface area (Å²) in [6.07, 6.45) is 7.35. The van der Waals surface area contributed by atoms with E-state index < -0.39 is 11.9 Å². The van der Waals surface area contributed by atoms with E-state index >= 15 is 0 Å². The molecule has 5 nitrogen and oxygen atoms in total. The normalized spacial score (nSPS) is 17.4. The molecule has 0 radical (unpaired) electrons. The lowest BCUT2D eigenvalue weighted by Gasteiger charge is -2.28. The van der Waals surface area contributed by atoms with E-state index in [1.807, 2.05) is 6.92 Å². The van der Waals surface area contributed by atoms with Gasteiger partial charge in [0.05, 0.1) is 5.56 Å². The molecule has 20 heavy (non-hydrogen) atoms. The van der Waals surface area contributed by atoms with E-state index in [-0.39, 0.29) is 17.3 Å². The van der Waals surface area contributed by atoms with Gasteiger partial charge in [-0.3, -0.25) is 9.78 Å². The van der Waals surface area contributed by atoms with Crippen LogP contribution in [0.2, 0.25) is 0 Å². The molecular weight excluding hydrogens is 256 g/mol. The maximum atomic E-state index is 12.2. The van der Waals surface area contributed by atoms with Crippen molar-refractivity contribution in [3.8, 4) is 0 Å². The summed E-state index contributed by atoms with van der Waals surface area (Å²) in [5.41, 5.74) is -0.0662. The summed E-state index contributed by atoms with van der Waals surface area (Å²) >= 11 is 0. The lowest BCUT2D eigenvalue weighted by atomic mass is 9.84. The van der Waals surface area contributed by atoms with Gasteiger partial charge in [0.15, 0.2) is 0 Å². The molecule has 1 aromatic rings. The Labute approximate surface area is 118 Å². The molecule has 0 saturated heterocycles. The number of nitrogens with zero attached hydrogens (tertiary/aromatic N) is 1. The van der Waals surface area contributed by atoms with E-state index in [4.69, 9.17) is 5.11 Å². The summed E-state index contributed by atoms with van der Waals surface area (Å²) in [6.45, 7) is 1.98. The van der Waals surface area contributed by atoms with E-state index in [1.165, 1.54) is 37.6 Å². The minimum Gasteiger partial charge on any atom is -0.478 e. The van der Waals surface area contributed by atoms with Crippen LogP contribution >= 0.6 is 0 Å². The topological polar surface area (TPSA) is 79.3 Å². The molecule has 1 atom stereocenters. The number of nitrogens with one attached hydrogen (secondary N) is 1. The number of carbonyl (C=O) groups excluding carboxylic acids is 1. The first-order valence-corrected chi connectivity index (χ1v) is 7.08. The molecule has 0 aromatic carbocycles. The third-order valence-electron chi connectivity index (χ3n) is 3.97. The Kier molecular flexibility index (Phi) is 4.71. The van der Waals surface area contributed by atoms with Crippen molar-refractivity contribution in [1.82, 2.24) is 10.3 Å². The first kappa shape index (κ1) is 14.5. The van der Waals surface area contributed by atoms with Crippen molar-refractivity contribution >= 4 is 11.9 Å². The second-order valence-corrected chi connectivity index (χ2v) is 5.36. The summed E-state index contributed by atoms with van der Waals surface area (Å²) < 4.78 is 0. The van der Waals surface area contributed by atoms with Crippen LogP contribution in [0.5, 0.6) is 0 Å². The zero-order chi connectivity index (χ0) is 14.5. The van der Waals surface area contributed by atoms with Gasteiger partial charge in [-0.25, -0.2) is 4.79 Å². The van der Waals surface area contributed by atoms with Crippen LogP contribution in [0.25, 0.3) is 0 Å². The molecule has 1 aromatic heterocycles. The molecule has 108 valence electrons. The average molecular weight is 276 g/mol. The number of aromatic carboxylic acids is 1. The fraction of sp³-hybridized carbons (Fsp3) is 0.533. The highest BCUT2D eigenvalue weighted by molar-refractivity contribution is 6.03. The zero-order valence-electron chi connectivity index (χ0n) is 11.6. The smallest absolute Gasteiger partial charge is 0.338 e. The van der Waals surface area contributed by atoms with Crippen LogP contribution < -0.4 is 5.32 Å². The van der Waals surface area contributed by atoms with Gasteiger partial charge in [0.25, 0.3) is 5.91 Å². The number of aromatic nitrogens is 1. The van der Waals surface area contributed by atoms with Gasteiger partial charge in [0.2, 0.25) is 0 Å². The molecule has 0 aliphatic heterocycles. The Bertz CT molecular complexity index is 496. The highest BCUT2D eigenvalue weighted by Gasteiger charge is 2.24. The van der Waals surface area contributed by atoms with E-state index in [9.17, 15) is 9.59 Å². The van der Waals surface area contributed by atoms with Crippen LogP contribution in [-0.4, -0.2) is 28.0 Å². The molecule has 5 heteroatoms. The van der Waals surface area contributed by atoms with Gasteiger partial charge in [0, 0.05) is 12.2 Å². The number of carbonyl (C=O) groups is 2. The number of hydrogen-bond acceptors (Lipinski definition) is 3. The van der Waals surface area contributed by atoms with Gasteiger partial charge >= 0.3 is 5.97 Å². The quantitative estimate of drug-likeness (QED) is 0.885. The lowest BCUT2D eigenvalue weighted by molar-refractivity contribution is 0.0689. The average Bonchev–Trinajstić information content (AvgIpc) is 2.48. The minimum absolute atomic E-state index is 0.0114. The van der Waals surface area contributed by atoms with Crippen LogP contribution in [0.1, 0.15) is 59.9 Å². The van der Waals surface area contributed by atoms with Crippen molar-refractivity contribution in [3.05, 3.63) is 29.6 Å². The summed E-state index contributed by atoms with van der Waals surface area (Å²) in [6, 6.07) is 2.96. The molecule has 0 spiro atoms.